The third kappa shape index (κ3) is 3.96. The number of aromatic hydroxyl groups is 1. The predicted molar refractivity (Wildman–Crippen MR) is 143 cm³/mol. The minimum Gasteiger partial charge on any atom is -0.508 e. The molecule has 0 saturated heterocycles. The average Bonchev–Trinajstić information content (AvgIpc) is 3.24. The molecule has 1 aromatic heterocycles. The van der Waals surface area contributed by atoms with Crippen LogP contribution in [0.2, 0.25) is 5.02 Å². The van der Waals surface area contributed by atoms with Crippen molar-refractivity contribution in [3.05, 3.63) is 88.1 Å². The van der Waals surface area contributed by atoms with E-state index in [0.717, 1.165) is 22.0 Å². The van der Waals surface area contributed by atoms with Gasteiger partial charge in [-0.05, 0) is 40.3 Å². The molecule has 2 N–H and O–H groups in total. The number of phenolic OH excluding ortho intramolecular Hbond substituents is 1. The van der Waals surface area contributed by atoms with E-state index in [0.29, 0.717) is 45.9 Å². The Morgan fingerprint density at radius 1 is 1.11 bits per heavy atom. The van der Waals surface area contributed by atoms with Gasteiger partial charge in [0.2, 0.25) is 11.1 Å². The first-order valence-electron chi connectivity index (χ1n) is 11.9. The minimum absolute atomic E-state index is 0.0671. The molecular weight excluding hydrogens is 492 g/mol. The summed E-state index contributed by atoms with van der Waals surface area (Å²) >= 11 is 7.84. The van der Waals surface area contributed by atoms with E-state index in [9.17, 15) is 9.90 Å². The Kier molecular flexibility index (Phi) is 5.57. The molecule has 0 bridgehead atoms. The monoisotopic (exact) mass is 516 g/mol. The molecule has 0 amide bonds. The largest absolute Gasteiger partial charge is 0.508 e. The summed E-state index contributed by atoms with van der Waals surface area (Å²) in [4.78, 5) is 18.4. The van der Waals surface area contributed by atoms with E-state index in [2.05, 4.69) is 19.2 Å². The Labute approximate surface area is 218 Å². The smallest absolute Gasteiger partial charge is 0.227 e. The fraction of sp³-hybridized carbons (Fsp3) is 0.250. The summed E-state index contributed by atoms with van der Waals surface area (Å²) in [5, 5.41) is 22.5. The van der Waals surface area contributed by atoms with Gasteiger partial charge in [0, 0.05) is 34.0 Å². The third-order valence-electron chi connectivity index (χ3n) is 6.85. The molecule has 1 atom stereocenters. The van der Waals surface area contributed by atoms with Crippen LogP contribution in [-0.2, 0) is 10.5 Å². The summed E-state index contributed by atoms with van der Waals surface area (Å²) in [6.07, 6.45) is 1.15. The van der Waals surface area contributed by atoms with Crippen LogP contribution in [0, 0.1) is 5.41 Å². The Morgan fingerprint density at radius 3 is 2.72 bits per heavy atom. The third-order valence-corrected chi connectivity index (χ3v) is 8.10. The lowest BCUT2D eigenvalue weighted by molar-refractivity contribution is -0.118. The Balaban J connectivity index is 1.49. The van der Waals surface area contributed by atoms with Gasteiger partial charge in [0.05, 0.1) is 0 Å². The zero-order valence-corrected chi connectivity index (χ0v) is 21.5. The predicted octanol–water partition coefficient (Wildman–Crippen LogP) is 6.74. The van der Waals surface area contributed by atoms with Gasteiger partial charge in [0.1, 0.15) is 11.8 Å². The lowest BCUT2D eigenvalue weighted by Crippen LogP contribution is -2.36. The highest BCUT2D eigenvalue weighted by Crippen LogP contribution is 2.48. The Morgan fingerprint density at radius 2 is 1.89 bits per heavy atom. The van der Waals surface area contributed by atoms with Crippen LogP contribution in [0.1, 0.15) is 43.9 Å². The van der Waals surface area contributed by atoms with Crippen LogP contribution in [0.4, 0.5) is 5.95 Å². The molecule has 3 aromatic carbocycles. The molecular formula is C28H25ClN4O2S. The van der Waals surface area contributed by atoms with E-state index in [1.54, 1.807) is 10.7 Å². The minimum atomic E-state index is -0.576. The van der Waals surface area contributed by atoms with Gasteiger partial charge < -0.3 is 10.4 Å². The Hall–Kier alpha value is -3.29. The number of allylic oxidation sites excluding steroid dienone is 2. The second-order valence-electron chi connectivity index (χ2n) is 10.1. The van der Waals surface area contributed by atoms with Crippen LogP contribution in [0.3, 0.4) is 0 Å². The molecule has 2 aliphatic rings. The second-order valence-corrected chi connectivity index (χ2v) is 11.5. The number of phenols is 1. The fourth-order valence-electron chi connectivity index (χ4n) is 5.25. The Bertz CT molecular complexity index is 1560. The molecule has 4 aromatic rings. The van der Waals surface area contributed by atoms with Crippen molar-refractivity contribution in [1.82, 2.24) is 14.8 Å². The van der Waals surface area contributed by atoms with Gasteiger partial charge >= 0.3 is 0 Å². The first-order chi connectivity index (χ1) is 17.3. The van der Waals surface area contributed by atoms with Gasteiger partial charge in [-0.3, -0.25) is 4.79 Å². The summed E-state index contributed by atoms with van der Waals surface area (Å²) < 4.78 is 1.76. The fourth-order valence-corrected chi connectivity index (χ4v) is 6.36. The maximum atomic E-state index is 13.6. The highest BCUT2D eigenvalue weighted by atomic mass is 35.5. The molecule has 2 heterocycles. The molecule has 8 heteroatoms. The summed E-state index contributed by atoms with van der Waals surface area (Å²) in [7, 11) is 0. The number of nitrogens with zero attached hydrogens (tertiary/aromatic N) is 3. The number of nitrogens with one attached hydrogen (secondary N) is 1. The quantitative estimate of drug-likeness (QED) is 0.292. The second kappa shape index (κ2) is 8.68. The number of Topliss-reactive ketones (excluding diaryl/α,β-unsaturated/α-hetero) is 1. The normalized spacial score (nSPS) is 18.6. The van der Waals surface area contributed by atoms with Gasteiger partial charge in [-0.1, -0.05) is 85.7 Å². The number of hydrogen-bond donors (Lipinski definition) is 2. The van der Waals surface area contributed by atoms with Crippen LogP contribution in [0.15, 0.2) is 77.1 Å². The van der Waals surface area contributed by atoms with E-state index in [1.165, 1.54) is 11.8 Å². The number of carbonyl (C=O) groups excluding carboxylic acids is 1. The summed E-state index contributed by atoms with van der Waals surface area (Å²) in [5.74, 6) is 1.39. The summed E-state index contributed by atoms with van der Waals surface area (Å²) in [5.41, 5.74) is 3.02. The van der Waals surface area contributed by atoms with Crippen molar-refractivity contribution in [3.8, 4) is 5.75 Å². The van der Waals surface area contributed by atoms with Crippen LogP contribution < -0.4 is 5.32 Å². The molecule has 0 saturated carbocycles. The molecule has 182 valence electrons. The van der Waals surface area contributed by atoms with Gasteiger partial charge in [0.15, 0.2) is 5.78 Å². The molecule has 0 spiro atoms. The van der Waals surface area contributed by atoms with Crippen LogP contribution >= 0.6 is 23.4 Å². The summed E-state index contributed by atoms with van der Waals surface area (Å²) in [6, 6.07) is 18.6. The average molecular weight is 517 g/mol. The van der Waals surface area contributed by atoms with Gasteiger partial charge in [0.25, 0.3) is 0 Å². The molecule has 0 fully saturated rings. The molecule has 36 heavy (non-hydrogen) atoms. The van der Waals surface area contributed by atoms with E-state index in [4.69, 9.17) is 21.7 Å². The van der Waals surface area contributed by atoms with Crippen molar-refractivity contribution in [2.45, 2.75) is 43.6 Å². The molecule has 6 rings (SSSR count). The number of benzene rings is 3. The van der Waals surface area contributed by atoms with Crippen molar-refractivity contribution < 1.29 is 9.90 Å². The maximum Gasteiger partial charge on any atom is 0.227 e. The van der Waals surface area contributed by atoms with Gasteiger partial charge in [-0.25, -0.2) is 4.68 Å². The molecule has 1 aliphatic heterocycles. The SMILES string of the molecule is CC1(C)CC(=O)C2=C(C1)Nc1nc(SCc3ccccc3Cl)nn1C2c1c(O)ccc2ccccc12. The molecule has 1 unspecified atom stereocenters. The first-order valence-corrected chi connectivity index (χ1v) is 13.2. The number of thioether (sulfide) groups is 1. The molecule has 6 nitrogen and oxygen atoms in total. The van der Waals surface area contributed by atoms with E-state index < -0.39 is 6.04 Å². The topological polar surface area (TPSA) is 80.0 Å². The van der Waals surface area contributed by atoms with Crippen LogP contribution in [0.5, 0.6) is 5.75 Å². The highest BCUT2D eigenvalue weighted by Gasteiger charge is 2.43. The highest BCUT2D eigenvalue weighted by molar-refractivity contribution is 7.98. The number of halogens is 1. The van der Waals surface area contributed by atoms with Crippen molar-refractivity contribution in [2.24, 2.45) is 5.41 Å². The zero-order chi connectivity index (χ0) is 25.0. The van der Waals surface area contributed by atoms with Crippen LogP contribution in [0.25, 0.3) is 10.8 Å². The number of anilines is 1. The molecule has 0 radical (unpaired) electrons. The van der Waals surface area contributed by atoms with Crippen molar-refractivity contribution in [2.75, 3.05) is 5.32 Å². The van der Waals surface area contributed by atoms with Gasteiger partial charge in [-0.15, -0.1) is 5.10 Å². The van der Waals surface area contributed by atoms with Crippen molar-refractivity contribution in [3.63, 3.8) is 0 Å². The van der Waals surface area contributed by atoms with Crippen molar-refractivity contribution >= 4 is 45.9 Å². The number of ketones is 1. The number of aromatic nitrogens is 3. The standard InChI is InChI=1S/C28H25ClN4O2S/c1-28(2)13-20-24(22(35)14-28)25(23-18-9-5-3-7-16(18)11-12-21(23)34)33-26(30-20)31-27(32-33)36-15-17-8-4-6-10-19(17)29/h3-12,25,34H,13-15H2,1-2H3,(H,30,31,32). The lowest BCUT2D eigenvalue weighted by atomic mass is 9.72. The van der Waals surface area contributed by atoms with Crippen LogP contribution in [-0.4, -0.2) is 25.7 Å². The number of rotatable bonds is 4. The molecule has 1 aliphatic carbocycles. The van der Waals surface area contributed by atoms with E-state index >= 15 is 0 Å². The van der Waals surface area contributed by atoms with Gasteiger partial charge in [-0.2, -0.15) is 4.98 Å². The maximum absolute atomic E-state index is 13.6. The number of carbonyl (C=O) groups is 1. The summed E-state index contributed by atoms with van der Waals surface area (Å²) in [6.45, 7) is 4.20. The first kappa shape index (κ1) is 23.1. The lowest BCUT2D eigenvalue weighted by Gasteiger charge is -2.38. The number of fused-ring (bicyclic) bond motifs is 2. The zero-order valence-electron chi connectivity index (χ0n) is 20.0. The van der Waals surface area contributed by atoms with E-state index in [1.807, 2.05) is 54.6 Å². The van der Waals surface area contributed by atoms with E-state index in [-0.39, 0.29) is 16.9 Å². The number of hydrogen-bond acceptors (Lipinski definition) is 6. The van der Waals surface area contributed by atoms with Crippen molar-refractivity contribution in [1.29, 1.82) is 0 Å².